The van der Waals surface area contributed by atoms with Gasteiger partial charge in [0.15, 0.2) is 0 Å². The van der Waals surface area contributed by atoms with E-state index in [9.17, 15) is 18.8 Å². The van der Waals surface area contributed by atoms with Gasteiger partial charge in [-0.3, -0.25) is 5.32 Å². The number of fused-ring (bicyclic) bond motifs is 1. The van der Waals surface area contributed by atoms with E-state index in [0.717, 1.165) is 17.1 Å². The lowest BCUT2D eigenvalue weighted by Crippen LogP contribution is -2.42. The predicted octanol–water partition coefficient (Wildman–Crippen LogP) is 5.41. The van der Waals surface area contributed by atoms with Crippen LogP contribution in [0.2, 0.25) is 5.02 Å². The number of nitrogens with one attached hydrogen (secondary N) is 2. The van der Waals surface area contributed by atoms with Gasteiger partial charge in [0.05, 0.1) is 10.4 Å². The van der Waals surface area contributed by atoms with Crippen LogP contribution in [0, 0.1) is 5.82 Å². The first-order valence-electron chi connectivity index (χ1n) is 10.7. The Kier molecular flexibility index (Phi) is 9.68. The number of carbonyl (C=O) groups is 3. The first-order chi connectivity index (χ1) is 16.9. The van der Waals surface area contributed by atoms with Gasteiger partial charge in [-0.1, -0.05) is 59.8 Å². The van der Waals surface area contributed by atoms with Crippen molar-refractivity contribution in [3.05, 3.63) is 71.1 Å². The molecule has 1 heterocycles. The molecule has 0 saturated heterocycles. The van der Waals surface area contributed by atoms with Crippen LogP contribution < -0.4 is 10.6 Å². The molecule has 35 heavy (non-hydrogen) atoms. The highest BCUT2D eigenvalue weighted by molar-refractivity contribution is 7.99. The van der Waals surface area contributed by atoms with E-state index in [2.05, 4.69) is 15.6 Å². The Morgan fingerprint density at radius 1 is 1.23 bits per heavy atom. The highest BCUT2D eigenvalue weighted by Crippen LogP contribution is 2.22. The maximum Gasteiger partial charge on any atom is 0.413 e. The zero-order valence-corrected chi connectivity index (χ0v) is 20.4. The van der Waals surface area contributed by atoms with Gasteiger partial charge in [0.2, 0.25) is 0 Å². The Morgan fingerprint density at radius 2 is 2.00 bits per heavy atom. The standard InChI is InChI=1S/C24H24ClFN4O4S/c1-30(23(32)28-14-18-8-4-9-19(26)22(18)25)21(10-5-11-31)35-15-34-24(33)29-20-12-16-6-2-3-7-17(16)13-27-20/h2-4,6-9,11-13,21H,5,10,14-15H2,1H3,(H,28,32)(H,27,29,33)/t21-/m1/s1. The molecule has 3 rings (SSSR count). The fourth-order valence-corrected chi connectivity index (χ4v) is 4.32. The summed E-state index contributed by atoms with van der Waals surface area (Å²) in [4.78, 5) is 41.3. The van der Waals surface area contributed by atoms with Gasteiger partial charge < -0.3 is 19.7 Å². The number of hydrogen-bond acceptors (Lipinski definition) is 6. The van der Waals surface area contributed by atoms with Crippen molar-refractivity contribution in [3.63, 3.8) is 0 Å². The normalized spacial score (nSPS) is 11.5. The molecular weight excluding hydrogens is 495 g/mol. The highest BCUT2D eigenvalue weighted by Gasteiger charge is 2.21. The van der Waals surface area contributed by atoms with Crippen LogP contribution in [0.25, 0.3) is 10.8 Å². The van der Waals surface area contributed by atoms with E-state index in [1.165, 1.54) is 28.8 Å². The molecule has 0 saturated carbocycles. The molecule has 3 amide bonds. The molecule has 0 bridgehead atoms. The summed E-state index contributed by atoms with van der Waals surface area (Å²) in [6.07, 6.45) is 2.29. The maximum atomic E-state index is 13.6. The number of aromatic nitrogens is 1. The molecule has 8 nitrogen and oxygen atoms in total. The number of pyridine rings is 1. The van der Waals surface area contributed by atoms with E-state index in [4.69, 9.17) is 16.3 Å². The summed E-state index contributed by atoms with van der Waals surface area (Å²) in [6.45, 7) is 0.0303. The first-order valence-corrected chi connectivity index (χ1v) is 12.1. The van der Waals surface area contributed by atoms with E-state index >= 15 is 0 Å². The minimum atomic E-state index is -0.692. The number of nitrogens with zero attached hydrogens (tertiary/aromatic N) is 2. The van der Waals surface area contributed by atoms with Crippen molar-refractivity contribution in [2.24, 2.45) is 0 Å². The van der Waals surface area contributed by atoms with Crippen LogP contribution >= 0.6 is 23.4 Å². The zero-order valence-electron chi connectivity index (χ0n) is 18.9. The third-order valence-corrected chi connectivity index (χ3v) is 6.67. The smallest absolute Gasteiger partial charge is 0.413 e. The summed E-state index contributed by atoms with van der Waals surface area (Å²) in [5.74, 6) is -0.278. The fourth-order valence-electron chi connectivity index (χ4n) is 3.17. The van der Waals surface area contributed by atoms with Gasteiger partial charge in [-0.2, -0.15) is 0 Å². The lowest BCUT2D eigenvalue weighted by Gasteiger charge is -2.27. The minimum absolute atomic E-state index is 0.0303. The van der Waals surface area contributed by atoms with Crippen molar-refractivity contribution in [1.82, 2.24) is 15.2 Å². The summed E-state index contributed by atoms with van der Waals surface area (Å²) in [5, 5.41) is 6.62. The largest absolute Gasteiger partial charge is 0.438 e. The Labute approximate surface area is 211 Å². The van der Waals surface area contributed by atoms with Gasteiger partial charge in [0, 0.05) is 31.6 Å². The SMILES string of the molecule is CN(C(=O)NCc1cccc(F)c1Cl)[C@@H](CCC=O)SCOC(=O)Nc1cc2ccccc2cn1. The molecule has 0 spiro atoms. The van der Waals surface area contributed by atoms with E-state index in [0.29, 0.717) is 17.8 Å². The number of rotatable bonds is 10. The number of urea groups is 1. The lowest BCUT2D eigenvalue weighted by molar-refractivity contribution is -0.108. The summed E-state index contributed by atoms with van der Waals surface area (Å²) in [5.41, 5.74) is 0.438. The quantitative estimate of drug-likeness (QED) is 0.275. The van der Waals surface area contributed by atoms with Crippen LogP contribution in [0.3, 0.4) is 0 Å². The zero-order chi connectivity index (χ0) is 25.2. The predicted molar refractivity (Wildman–Crippen MR) is 135 cm³/mol. The number of amides is 3. The van der Waals surface area contributed by atoms with Crippen molar-refractivity contribution in [3.8, 4) is 0 Å². The molecule has 2 N–H and O–H groups in total. The Hall–Kier alpha value is -3.37. The monoisotopic (exact) mass is 518 g/mol. The topological polar surface area (TPSA) is 101 Å². The third-order valence-electron chi connectivity index (χ3n) is 5.06. The van der Waals surface area contributed by atoms with Gasteiger partial charge in [-0.25, -0.2) is 19.0 Å². The van der Waals surface area contributed by atoms with Crippen LogP contribution in [0.5, 0.6) is 0 Å². The first kappa shape index (κ1) is 26.2. The third kappa shape index (κ3) is 7.56. The number of thioether (sulfide) groups is 1. The van der Waals surface area contributed by atoms with Gasteiger partial charge in [0.25, 0.3) is 0 Å². The number of hydrogen-bond donors (Lipinski definition) is 2. The molecule has 184 valence electrons. The molecule has 3 aromatic rings. The summed E-state index contributed by atoms with van der Waals surface area (Å²) in [7, 11) is 1.56. The summed E-state index contributed by atoms with van der Waals surface area (Å²) in [6, 6.07) is 13.3. The van der Waals surface area contributed by atoms with Crippen molar-refractivity contribution >= 4 is 58.4 Å². The van der Waals surface area contributed by atoms with E-state index in [1.807, 2.05) is 24.3 Å². The molecule has 0 unspecified atom stereocenters. The van der Waals surface area contributed by atoms with Crippen molar-refractivity contribution in [1.29, 1.82) is 0 Å². The van der Waals surface area contributed by atoms with Gasteiger partial charge in [0.1, 0.15) is 23.9 Å². The van der Waals surface area contributed by atoms with Crippen LogP contribution in [0.1, 0.15) is 18.4 Å². The minimum Gasteiger partial charge on any atom is -0.438 e. The van der Waals surface area contributed by atoms with Gasteiger partial charge >= 0.3 is 12.1 Å². The van der Waals surface area contributed by atoms with Crippen LogP contribution in [-0.4, -0.2) is 46.7 Å². The second kappa shape index (κ2) is 12.9. The fraction of sp³-hybridized carbons (Fsp3) is 0.250. The summed E-state index contributed by atoms with van der Waals surface area (Å²) < 4.78 is 18.8. The van der Waals surface area contributed by atoms with Crippen molar-refractivity contribution < 1.29 is 23.5 Å². The molecule has 0 aliphatic heterocycles. The molecule has 1 atom stereocenters. The number of halogens is 2. The second-order valence-electron chi connectivity index (χ2n) is 7.44. The highest BCUT2D eigenvalue weighted by atomic mass is 35.5. The molecule has 1 aromatic heterocycles. The number of aldehydes is 1. The van der Waals surface area contributed by atoms with Gasteiger partial charge in [-0.15, -0.1) is 0 Å². The van der Waals surface area contributed by atoms with E-state index in [1.54, 1.807) is 25.4 Å². The van der Waals surface area contributed by atoms with E-state index in [-0.39, 0.29) is 23.9 Å². The average Bonchev–Trinajstić information content (AvgIpc) is 2.86. The van der Waals surface area contributed by atoms with Gasteiger partial charge in [-0.05, 0) is 29.5 Å². The van der Waals surface area contributed by atoms with Crippen LogP contribution in [0.15, 0.2) is 54.7 Å². The average molecular weight is 519 g/mol. The number of benzene rings is 2. The number of ether oxygens (including phenoxy) is 1. The van der Waals surface area contributed by atoms with Crippen LogP contribution in [-0.2, 0) is 16.1 Å². The van der Waals surface area contributed by atoms with E-state index < -0.39 is 23.3 Å². The number of carbonyl (C=O) groups excluding carboxylic acids is 3. The molecule has 0 radical (unpaired) electrons. The Bertz CT molecular complexity index is 1200. The molecular formula is C24H24ClFN4O4S. The Morgan fingerprint density at radius 3 is 2.77 bits per heavy atom. The molecule has 11 heteroatoms. The Balaban J connectivity index is 1.51. The van der Waals surface area contributed by atoms with Crippen LogP contribution in [0.4, 0.5) is 19.8 Å². The second-order valence-corrected chi connectivity index (χ2v) is 8.93. The molecule has 0 aliphatic carbocycles. The molecule has 0 fully saturated rings. The van der Waals surface area contributed by atoms with Crippen molar-refractivity contribution in [2.45, 2.75) is 24.8 Å². The molecule has 2 aromatic carbocycles. The maximum absolute atomic E-state index is 13.6. The molecule has 0 aliphatic rings. The van der Waals surface area contributed by atoms with Crippen molar-refractivity contribution in [2.75, 3.05) is 18.3 Å². The number of anilines is 1. The summed E-state index contributed by atoms with van der Waals surface area (Å²) >= 11 is 7.11. The lowest BCUT2D eigenvalue weighted by atomic mass is 10.2.